The number of rotatable bonds is 5. The fourth-order valence-corrected chi connectivity index (χ4v) is 2.08. The monoisotopic (exact) mass is 214 g/mol. The van der Waals surface area contributed by atoms with E-state index < -0.39 is 0 Å². The summed E-state index contributed by atoms with van der Waals surface area (Å²) >= 11 is 0. The second-order valence-electron chi connectivity index (χ2n) is 4.26. The molecule has 0 radical (unpaired) electrons. The van der Waals surface area contributed by atoms with Gasteiger partial charge in [-0.3, -0.25) is 4.79 Å². The first kappa shape index (κ1) is 12.5. The third-order valence-corrected chi connectivity index (χ3v) is 3.06. The van der Waals surface area contributed by atoms with E-state index in [0.29, 0.717) is 0 Å². The highest BCUT2D eigenvalue weighted by molar-refractivity contribution is 5.82. The van der Waals surface area contributed by atoms with Gasteiger partial charge < -0.3 is 15.7 Å². The highest BCUT2D eigenvalue weighted by atomic mass is 16.3. The quantitative estimate of drug-likeness (QED) is 0.700. The van der Waals surface area contributed by atoms with Gasteiger partial charge in [-0.25, -0.2) is 0 Å². The number of likely N-dealkylation sites (tertiary alicyclic amines) is 1. The Morgan fingerprint density at radius 2 is 2.40 bits per heavy atom. The van der Waals surface area contributed by atoms with Crippen LogP contribution in [-0.4, -0.2) is 41.1 Å². The Morgan fingerprint density at radius 1 is 1.67 bits per heavy atom. The molecule has 0 bridgehead atoms. The first-order valence-corrected chi connectivity index (χ1v) is 5.87. The Hall–Kier alpha value is -0.610. The van der Waals surface area contributed by atoms with Gasteiger partial charge in [0.25, 0.3) is 0 Å². The molecule has 0 aliphatic carbocycles. The van der Waals surface area contributed by atoms with Gasteiger partial charge in [0, 0.05) is 6.54 Å². The van der Waals surface area contributed by atoms with Crippen LogP contribution in [0.1, 0.15) is 39.0 Å². The molecule has 4 heteroatoms. The molecule has 1 rings (SSSR count). The van der Waals surface area contributed by atoms with Crippen LogP contribution in [0.2, 0.25) is 0 Å². The maximum Gasteiger partial charge on any atom is 0.239 e. The van der Waals surface area contributed by atoms with Crippen LogP contribution in [0.4, 0.5) is 0 Å². The molecule has 1 aliphatic heterocycles. The lowest BCUT2D eigenvalue weighted by molar-refractivity contribution is -0.134. The van der Waals surface area contributed by atoms with Crippen molar-refractivity contribution in [3.8, 4) is 0 Å². The number of nitrogens with two attached hydrogens (primary N) is 1. The number of carbonyl (C=O) groups is 1. The summed E-state index contributed by atoms with van der Waals surface area (Å²) < 4.78 is 0. The number of nitrogens with zero attached hydrogens (tertiary/aromatic N) is 1. The van der Waals surface area contributed by atoms with Gasteiger partial charge >= 0.3 is 0 Å². The van der Waals surface area contributed by atoms with Crippen LogP contribution in [-0.2, 0) is 4.79 Å². The summed E-state index contributed by atoms with van der Waals surface area (Å²) in [7, 11) is 0. The van der Waals surface area contributed by atoms with Crippen molar-refractivity contribution in [1.82, 2.24) is 4.90 Å². The van der Waals surface area contributed by atoms with Gasteiger partial charge in [0.15, 0.2) is 0 Å². The molecule has 1 fully saturated rings. The van der Waals surface area contributed by atoms with E-state index in [0.717, 1.165) is 38.6 Å². The molecule has 1 aliphatic rings. The molecule has 0 saturated carbocycles. The maximum absolute atomic E-state index is 11.9. The number of unbranched alkanes of at least 4 members (excludes halogenated alkanes) is 1. The van der Waals surface area contributed by atoms with Gasteiger partial charge in [-0.05, 0) is 19.3 Å². The van der Waals surface area contributed by atoms with Gasteiger partial charge in [-0.2, -0.15) is 0 Å². The lowest BCUT2D eigenvalue weighted by Gasteiger charge is -2.26. The summed E-state index contributed by atoms with van der Waals surface area (Å²) in [4.78, 5) is 13.7. The summed E-state index contributed by atoms with van der Waals surface area (Å²) in [5.74, 6) is 0.0139. The number of hydrogen-bond donors (Lipinski definition) is 2. The molecule has 0 aromatic rings. The van der Waals surface area contributed by atoms with E-state index >= 15 is 0 Å². The van der Waals surface area contributed by atoms with Gasteiger partial charge in [-0.15, -0.1) is 0 Å². The van der Waals surface area contributed by atoms with Crippen molar-refractivity contribution in [1.29, 1.82) is 0 Å². The summed E-state index contributed by atoms with van der Waals surface area (Å²) in [5.41, 5.74) is 5.83. The van der Waals surface area contributed by atoms with Gasteiger partial charge in [0.05, 0.1) is 18.7 Å². The molecule has 88 valence electrons. The van der Waals surface area contributed by atoms with Crippen molar-refractivity contribution in [2.75, 3.05) is 13.2 Å². The molecule has 2 atom stereocenters. The Morgan fingerprint density at radius 3 is 3.00 bits per heavy atom. The lowest BCUT2D eigenvalue weighted by atomic mass is 10.1. The molecule has 4 nitrogen and oxygen atoms in total. The van der Waals surface area contributed by atoms with Crippen molar-refractivity contribution < 1.29 is 9.90 Å². The smallest absolute Gasteiger partial charge is 0.239 e. The van der Waals surface area contributed by atoms with Crippen LogP contribution in [0.5, 0.6) is 0 Å². The summed E-state index contributed by atoms with van der Waals surface area (Å²) in [6.45, 7) is 2.90. The van der Waals surface area contributed by atoms with Crippen molar-refractivity contribution in [2.45, 2.75) is 51.1 Å². The van der Waals surface area contributed by atoms with Crippen LogP contribution in [0, 0.1) is 0 Å². The van der Waals surface area contributed by atoms with Crippen molar-refractivity contribution in [3.63, 3.8) is 0 Å². The topological polar surface area (TPSA) is 66.6 Å². The Kier molecular flexibility index (Phi) is 5.05. The molecule has 1 unspecified atom stereocenters. The third kappa shape index (κ3) is 3.18. The maximum atomic E-state index is 11.9. The number of aliphatic hydroxyl groups excluding tert-OH is 1. The van der Waals surface area contributed by atoms with E-state index in [-0.39, 0.29) is 24.6 Å². The average molecular weight is 214 g/mol. The predicted molar refractivity (Wildman–Crippen MR) is 59.3 cm³/mol. The van der Waals surface area contributed by atoms with Crippen molar-refractivity contribution >= 4 is 5.91 Å². The van der Waals surface area contributed by atoms with E-state index in [4.69, 9.17) is 10.8 Å². The Labute approximate surface area is 91.4 Å². The number of hydrogen-bond acceptors (Lipinski definition) is 3. The zero-order valence-corrected chi connectivity index (χ0v) is 9.48. The molecule has 0 aromatic heterocycles. The third-order valence-electron chi connectivity index (χ3n) is 3.06. The minimum absolute atomic E-state index is 0.00479. The van der Waals surface area contributed by atoms with Crippen LogP contribution in [0.25, 0.3) is 0 Å². The van der Waals surface area contributed by atoms with E-state index in [1.807, 2.05) is 0 Å². The Balaban J connectivity index is 2.44. The predicted octanol–water partition coefficient (Wildman–Crippen LogP) is 0.487. The van der Waals surface area contributed by atoms with Crippen LogP contribution >= 0.6 is 0 Å². The number of amides is 1. The van der Waals surface area contributed by atoms with E-state index in [1.54, 1.807) is 4.90 Å². The fraction of sp³-hybridized carbons (Fsp3) is 0.909. The van der Waals surface area contributed by atoms with Gasteiger partial charge in [0.2, 0.25) is 5.91 Å². The lowest BCUT2D eigenvalue weighted by Crippen LogP contribution is -2.47. The van der Waals surface area contributed by atoms with E-state index in [9.17, 15) is 4.79 Å². The van der Waals surface area contributed by atoms with Crippen LogP contribution in [0.15, 0.2) is 0 Å². The molecule has 1 amide bonds. The largest absolute Gasteiger partial charge is 0.394 e. The second kappa shape index (κ2) is 6.08. The van der Waals surface area contributed by atoms with Crippen molar-refractivity contribution in [2.24, 2.45) is 5.73 Å². The molecular weight excluding hydrogens is 192 g/mol. The molecule has 0 aromatic carbocycles. The first-order chi connectivity index (χ1) is 7.20. The normalized spacial score (nSPS) is 23.1. The summed E-state index contributed by atoms with van der Waals surface area (Å²) in [6.07, 6.45) is 4.69. The molecule has 15 heavy (non-hydrogen) atoms. The molecule has 1 heterocycles. The standard InChI is InChI=1S/C11H22N2O2/c1-2-3-6-10(12)11(15)13-7-4-5-9(13)8-14/h9-10,14H,2-8,12H2,1H3/t9-,10?/m1/s1. The number of carbonyl (C=O) groups excluding carboxylic acids is 1. The highest BCUT2D eigenvalue weighted by Gasteiger charge is 2.30. The van der Waals surface area contributed by atoms with E-state index in [1.165, 1.54) is 0 Å². The zero-order chi connectivity index (χ0) is 11.3. The Bertz CT molecular complexity index is 209. The molecule has 1 saturated heterocycles. The number of aliphatic hydroxyl groups is 1. The van der Waals surface area contributed by atoms with Crippen LogP contribution < -0.4 is 5.73 Å². The highest BCUT2D eigenvalue weighted by Crippen LogP contribution is 2.18. The molecule has 3 N–H and O–H groups in total. The second-order valence-corrected chi connectivity index (χ2v) is 4.26. The molecular formula is C11H22N2O2. The minimum atomic E-state index is -0.378. The fourth-order valence-electron chi connectivity index (χ4n) is 2.08. The first-order valence-electron chi connectivity index (χ1n) is 5.87. The van der Waals surface area contributed by atoms with Gasteiger partial charge in [-0.1, -0.05) is 19.8 Å². The van der Waals surface area contributed by atoms with Crippen molar-refractivity contribution in [3.05, 3.63) is 0 Å². The summed E-state index contributed by atoms with van der Waals surface area (Å²) in [5, 5.41) is 9.11. The van der Waals surface area contributed by atoms with Gasteiger partial charge in [0.1, 0.15) is 0 Å². The average Bonchev–Trinajstić information content (AvgIpc) is 2.72. The zero-order valence-electron chi connectivity index (χ0n) is 9.48. The van der Waals surface area contributed by atoms with E-state index in [2.05, 4.69) is 6.92 Å². The summed E-state index contributed by atoms with van der Waals surface area (Å²) in [6, 6.07) is -0.373. The van der Waals surface area contributed by atoms with Crippen LogP contribution in [0.3, 0.4) is 0 Å². The minimum Gasteiger partial charge on any atom is -0.394 e. The SMILES string of the molecule is CCCCC(N)C(=O)N1CCC[C@@H]1CO. The molecule has 0 spiro atoms.